The second-order valence-corrected chi connectivity index (χ2v) is 6.55. The van der Waals surface area contributed by atoms with Gasteiger partial charge in [0.15, 0.2) is 0 Å². The molecule has 0 aromatic rings. The van der Waals surface area contributed by atoms with Gasteiger partial charge in [-0.05, 0) is 30.3 Å². The number of ether oxygens (including phenoxy) is 2. The van der Waals surface area contributed by atoms with E-state index in [0.29, 0.717) is 4.83 Å². The first-order chi connectivity index (χ1) is 8.74. The molecule has 1 fully saturated rings. The van der Waals surface area contributed by atoms with Crippen LogP contribution in [0.15, 0.2) is 23.2 Å². The summed E-state index contributed by atoms with van der Waals surface area (Å²) < 4.78 is 12.3. The lowest BCUT2D eigenvalue weighted by Gasteiger charge is -2.28. The maximum Gasteiger partial charge on any atom is 0.0880 e. The molecule has 5 atom stereocenters. The van der Waals surface area contributed by atoms with Gasteiger partial charge in [0.1, 0.15) is 0 Å². The second-order valence-electron chi connectivity index (χ2n) is 4.85. The SMILES string of the molecule is CC[C@H](Br)[C@H]1CC=CC[C@@H]2O[C@@H](C=CBr)C[C@@H]2O1. The van der Waals surface area contributed by atoms with Gasteiger partial charge in [0, 0.05) is 11.2 Å². The van der Waals surface area contributed by atoms with Gasteiger partial charge in [-0.1, -0.05) is 50.9 Å². The molecule has 18 heavy (non-hydrogen) atoms. The van der Waals surface area contributed by atoms with Crippen molar-refractivity contribution in [2.75, 3.05) is 0 Å². The Hall–Kier alpha value is 0.360. The van der Waals surface area contributed by atoms with Crippen LogP contribution < -0.4 is 0 Å². The summed E-state index contributed by atoms with van der Waals surface area (Å²) in [7, 11) is 0. The topological polar surface area (TPSA) is 18.5 Å². The molecule has 102 valence electrons. The van der Waals surface area contributed by atoms with Crippen molar-refractivity contribution < 1.29 is 9.47 Å². The molecule has 0 saturated carbocycles. The molecule has 0 aliphatic carbocycles. The summed E-state index contributed by atoms with van der Waals surface area (Å²) in [6, 6.07) is 0. The van der Waals surface area contributed by atoms with E-state index in [-0.39, 0.29) is 24.4 Å². The molecule has 2 aliphatic rings. The third kappa shape index (κ3) is 3.69. The highest BCUT2D eigenvalue weighted by molar-refractivity contribution is 9.11. The Labute approximate surface area is 126 Å². The van der Waals surface area contributed by atoms with E-state index in [1.54, 1.807) is 0 Å². The van der Waals surface area contributed by atoms with E-state index < -0.39 is 0 Å². The summed E-state index contributed by atoms with van der Waals surface area (Å²) in [5.74, 6) is 0. The van der Waals surface area contributed by atoms with E-state index in [1.807, 2.05) is 4.99 Å². The van der Waals surface area contributed by atoms with Gasteiger partial charge < -0.3 is 9.47 Å². The van der Waals surface area contributed by atoms with E-state index in [2.05, 4.69) is 57.0 Å². The maximum atomic E-state index is 6.27. The first-order valence-corrected chi connectivity index (χ1v) is 8.44. The lowest BCUT2D eigenvalue weighted by atomic mass is 10.0. The highest BCUT2D eigenvalue weighted by Gasteiger charge is 2.37. The molecule has 2 nitrogen and oxygen atoms in total. The summed E-state index contributed by atoms with van der Waals surface area (Å²) in [6.45, 7) is 2.18. The Morgan fingerprint density at radius 1 is 1.28 bits per heavy atom. The molecule has 0 aromatic carbocycles. The summed E-state index contributed by atoms with van der Waals surface area (Å²) in [6.07, 6.45) is 11.4. The highest BCUT2D eigenvalue weighted by atomic mass is 79.9. The van der Waals surface area contributed by atoms with Crippen LogP contribution in [0.1, 0.15) is 32.6 Å². The smallest absolute Gasteiger partial charge is 0.0880 e. The highest BCUT2D eigenvalue weighted by Crippen LogP contribution is 2.32. The van der Waals surface area contributed by atoms with Crippen LogP contribution in [0.25, 0.3) is 0 Å². The fourth-order valence-electron chi connectivity index (χ4n) is 2.54. The molecular formula is C14H20Br2O2. The Morgan fingerprint density at radius 2 is 2.06 bits per heavy atom. The molecular weight excluding hydrogens is 360 g/mol. The molecule has 0 aromatic heterocycles. The summed E-state index contributed by atoms with van der Waals surface area (Å²) in [5.41, 5.74) is 0. The van der Waals surface area contributed by atoms with Crippen molar-refractivity contribution in [3.05, 3.63) is 23.2 Å². The number of alkyl halides is 1. The molecule has 0 unspecified atom stereocenters. The second kappa shape index (κ2) is 7.22. The molecule has 0 spiro atoms. The van der Waals surface area contributed by atoms with E-state index in [4.69, 9.17) is 9.47 Å². The van der Waals surface area contributed by atoms with Crippen LogP contribution in [0.5, 0.6) is 0 Å². The van der Waals surface area contributed by atoms with Crippen LogP contribution in [-0.4, -0.2) is 29.2 Å². The average molecular weight is 380 g/mol. The summed E-state index contributed by atoms with van der Waals surface area (Å²) in [5, 5.41) is 0. The number of fused-ring (bicyclic) bond motifs is 1. The molecule has 0 bridgehead atoms. The molecule has 2 aliphatic heterocycles. The zero-order valence-electron chi connectivity index (χ0n) is 10.6. The van der Waals surface area contributed by atoms with Crippen molar-refractivity contribution in [2.24, 2.45) is 0 Å². The molecule has 4 heteroatoms. The molecule has 0 radical (unpaired) electrons. The normalized spacial score (nSPS) is 38.4. The van der Waals surface area contributed by atoms with E-state index >= 15 is 0 Å². The Kier molecular flexibility index (Phi) is 5.93. The minimum Gasteiger partial charge on any atom is -0.371 e. The van der Waals surface area contributed by atoms with Gasteiger partial charge in [0.25, 0.3) is 0 Å². The first kappa shape index (κ1) is 14.8. The number of rotatable bonds is 3. The van der Waals surface area contributed by atoms with Gasteiger partial charge in [-0.15, -0.1) is 0 Å². The number of hydrogen-bond acceptors (Lipinski definition) is 2. The van der Waals surface area contributed by atoms with Crippen LogP contribution in [0, 0.1) is 0 Å². The predicted molar refractivity (Wildman–Crippen MR) is 81.4 cm³/mol. The van der Waals surface area contributed by atoms with Gasteiger partial charge in [0.05, 0.1) is 24.4 Å². The minimum atomic E-state index is 0.182. The van der Waals surface area contributed by atoms with Crippen molar-refractivity contribution in [3.8, 4) is 0 Å². The number of halogens is 2. The van der Waals surface area contributed by atoms with Crippen LogP contribution in [0.2, 0.25) is 0 Å². The van der Waals surface area contributed by atoms with Crippen LogP contribution >= 0.6 is 31.9 Å². The maximum absolute atomic E-state index is 6.27. The molecule has 1 saturated heterocycles. The van der Waals surface area contributed by atoms with Crippen molar-refractivity contribution in [1.82, 2.24) is 0 Å². The molecule has 2 rings (SSSR count). The van der Waals surface area contributed by atoms with Gasteiger partial charge in [-0.3, -0.25) is 0 Å². The van der Waals surface area contributed by atoms with Crippen molar-refractivity contribution in [2.45, 2.75) is 61.9 Å². The van der Waals surface area contributed by atoms with Gasteiger partial charge in [0.2, 0.25) is 0 Å². The fourth-order valence-corrected chi connectivity index (χ4v) is 3.22. The van der Waals surface area contributed by atoms with Crippen LogP contribution in [0.3, 0.4) is 0 Å². The lowest BCUT2D eigenvalue weighted by molar-refractivity contribution is -0.0540. The van der Waals surface area contributed by atoms with Gasteiger partial charge in [-0.2, -0.15) is 0 Å². The third-order valence-electron chi connectivity index (χ3n) is 3.56. The standard InChI is InChI=1S/C14H20Br2O2/c1-2-11(16)12-5-3-4-6-13-14(18-12)9-10(17-13)7-8-15/h3-4,7-8,10-14H,2,5-6,9H2,1H3/t10-,11-,12+,13-,14-/m0/s1. The van der Waals surface area contributed by atoms with Crippen LogP contribution in [-0.2, 0) is 9.47 Å². The Bertz CT molecular complexity index is 317. The average Bonchev–Trinajstić information content (AvgIpc) is 2.70. The quantitative estimate of drug-likeness (QED) is 0.536. The molecule has 0 N–H and O–H groups in total. The van der Waals surface area contributed by atoms with E-state index in [0.717, 1.165) is 25.7 Å². The van der Waals surface area contributed by atoms with E-state index in [1.165, 1.54) is 0 Å². The predicted octanol–water partition coefficient (Wildman–Crippen LogP) is 4.33. The lowest BCUT2D eigenvalue weighted by Crippen LogP contribution is -2.34. The minimum absolute atomic E-state index is 0.182. The van der Waals surface area contributed by atoms with Gasteiger partial charge in [-0.25, -0.2) is 0 Å². The molecule has 0 amide bonds. The monoisotopic (exact) mass is 378 g/mol. The third-order valence-corrected chi connectivity index (χ3v) is 5.11. The summed E-state index contributed by atoms with van der Waals surface area (Å²) >= 11 is 7.03. The van der Waals surface area contributed by atoms with E-state index in [9.17, 15) is 0 Å². The number of hydrogen-bond donors (Lipinski definition) is 0. The van der Waals surface area contributed by atoms with Crippen molar-refractivity contribution in [3.63, 3.8) is 0 Å². The van der Waals surface area contributed by atoms with Crippen LogP contribution in [0.4, 0.5) is 0 Å². The zero-order chi connectivity index (χ0) is 13.0. The molecule has 2 heterocycles. The summed E-state index contributed by atoms with van der Waals surface area (Å²) in [4.78, 5) is 2.30. The first-order valence-electron chi connectivity index (χ1n) is 6.61. The fraction of sp³-hybridized carbons (Fsp3) is 0.714. The Balaban J connectivity index is 2.03. The van der Waals surface area contributed by atoms with Crippen molar-refractivity contribution in [1.29, 1.82) is 0 Å². The van der Waals surface area contributed by atoms with Gasteiger partial charge >= 0.3 is 0 Å². The Morgan fingerprint density at radius 3 is 2.78 bits per heavy atom. The zero-order valence-corrected chi connectivity index (χ0v) is 13.8. The van der Waals surface area contributed by atoms with Crippen molar-refractivity contribution >= 4 is 31.9 Å². The largest absolute Gasteiger partial charge is 0.371 e.